The maximum Gasteiger partial charge on any atom is 0.300 e. The Morgan fingerprint density at radius 2 is 2.00 bits per heavy atom. The molecule has 1 aromatic carbocycles. The van der Waals surface area contributed by atoms with Gasteiger partial charge in [-0.05, 0) is 30.9 Å². The Hall–Kier alpha value is -2.54. The zero-order valence-electron chi connectivity index (χ0n) is 12.2. The maximum atomic E-state index is 12.3. The number of aliphatic hydroxyl groups excluding tert-OH is 1. The fraction of sp³-hybridized carbons (Fsp3) is 0.333. The van der Waals surface area contributed by atoms with E-state index in [1.54, 1.807) is 24.3 Å². The summed E-state index contributed by atoms with van der Waals surface area (Å²) < 4.78 is 1.05. The molecule has 1 aromatic heterocycles. The summed E-state index contributed by atoms with van der Waals surface area (Å²) in [7, 11) is 1.00. The van der Waals surface area contributed by atoms with Crippen LogP contribution in [0.3, 0.4) is 0 Å². The Kier molecular flexibility index (Phi) is 4.67. The first-order chi connectivity index (χ1) is 10.6. The van der Waals surface area contributed by atoms with Gasteiger partial charge in [0.25, 0.3) is 11.5 Å². The summed E-state index contributed by atoms with van der Waals surface area (Å²) in [6.07, 6.45) is 2.15. The second kappa shape index (κ2) is 6.48. The van der Waals surface area contributed by atoms with Gasteiger partial charge in [-0.15, -0.1) is 4.73 Å². The molecule has 3 rings (SSSR count). The molecule has 1 aliphatic rings. The molecule has 0 saturated heterocycles. The molecule has 0 spiro atoms. The summed E-state index contributed by atoms with van der Waals surface area (Å²) in [5, 5.41) is 17.4. The molecular weight excluding hydrogens is 288 g/mol. The van der Waals surface area contributed by atoms with E-state index in [4.69, 9.17) is 15.7 Å². The SMILES string of the molecule is CO.NC(=O)c1c(O)c2ccccc2n(OCC2CC2)c1=O. The Morgan fingerprint density at radius 3 is 2.59 bits per heavy atom. The second-order valence-electron chi connectivity index (χ2n) is 4.94. The van der Waals surface area contributed by atoms with E-state index in [9.17, 15) is 14.7 Å². The molecule has 0 radical (unpaired) electrons. The second-order valence-corrected chi connectivity index (χ2v) is 4.94. The van der Waals surface area contributed by atoms with E-state index < -0.39 is 22.8 Å². The Balaban J connectivity index is 0.000000847. The number of aliphatic hydroxyl groups is 1. The number of carbonyl (C=O) groups excluding carboxylic acids is 1. The number of aromatic nitrogens is 1. The highest BCUT2D eigenvalue weighted by atomic mass is 16.7. The van der Waals surface area contributed by atoms with Crippen molar-refractivity contribution >= 4 is 16.8 Å². The summed E-state index contributed by atoms with van der Waals surface area (Å²) in [6, 6.07) is 6.67. The summed E-state index contributed by atoms with van der Waals surface area (Å²) in [4.78, 5) is 29.1. The summed E-state index contributed by atoms with van der Waals surface area (Å²) in [5.74, 6) is -0.919. The first kappa shape index (κ1) is 15.8. The maximum absolute atomic E-state index is 12.3. The molecular formula is C15H18N2O5. The van der Waals surface area contributed by atoms with Crippen molar-refractivity contribution < 1.29 is 19.8 Å². The first-order valence-corrected chi connectivity index (χ1v) is 6.84. The Bertz CT molecular complexity index is 749. The number of fused-ring (bicyclic) bond motifs is 1. The largest absolute Gasteiger partial charge is 0.506 e. The van der Waals surface area contributed by atoms with Crippen molar-refractivity contribution in [2.45, 2.75) is 12.8 Å². The number of primary amides is 1. The number of hydrogen-bond acceptors (Lipinski definition) is 5. The lowest BCUT2D eigenvalue weighted by Crippen LogP contribution is -2.34. The minimum atomic E-state index is -0.970. The van der Waals surface area contributed by atoms with Crippen LogP contribution in [0, 0.1) is 5.92 Å². The average molecular weight is 306 g/mol. The van der Waals surface area contributed by atoms with Gasteiger partial charge in [-0.25, -0.2) is 0 Å². The van der Waals surface area contributed by atoms with Crippen molar-refractivity contribution in [2.75, 3.05) is 13.7 Å². The lowest BCUT2D eigenvalue weighted by molar-refractivity contribution is 0.0945. The van der Waals surface area contributed by atoms with Gasteiger partial charge in [0.1, 0.15) is 17.9 Å². The van der Waals surface area contributed by atoms with Gasteiger partial charge >= 0.3 is 0 Å². The molecule has 1 fully saturated rings. The lowest BCUT2D eigenvalue weighted by Gasteiger charge is -2.14. The number of aromatic hydroxyl groups is 1. The van der Waals surface area contributed by atoms with Crippen LogP contribution in [0.15, 0.2) is 29.1 Å². The van der Waals surface area contributed by atoms with Crippen LogP contribution in [-0.2, 0) is 0 Å². The molecule has 0 atom stereocenters. The van der Waals surface area contributed by atoms with Crippen LogP contribution in [0.4, 0.5) is 0 Å². The van der Waals surface area contributed by atoms with Crippen molar-refractivity contribution in [1.82, 2.24) is 4.73 Å². The van der Waals surface area contributed by atoms with E-state index in [2.05, 4.69) is 0 Å². The van der Waals surface area contributed by atoms with Crippen molar-refractivity contribution in [3.8, 4) is 5.75 Å². The highest BCUT2D eigenvalue weighted by Crippen LogP contribution is 2.29. The van der Waals surface area contributed by atoms with Crippen LogP contribution in [0.2, 0.25) is 0 Å². The van der Waals surface area contributed by atoms with Crippen LogP contribution in [0.25, 0.3) is 10.9 Å². The van der Waals surface area contributed by atoms with Gasteiger partial charge in [0.05, 0.1) is 5.52 Å². The van der Waals surface area contributed by atoms with E-state index in [-0.39, 0.29) is 0 Å². The van der Waals surface area contributed by atoms with E-state index in [1.165, 1.54) is 0 Å². The Labute approximate surface area is 126 Å². The van der Waals surface area contributed by atoms with Crippen LogP contribution in [0.1, 0.15) is 23.2 Å². The molecule has 4 N–H and O–H groups in total. The molecule has 22 heavy (non-hydrogen) atoms. The van der Waals surface area contributed by atoms with Gasteiger partial charge in [0.2, 0.25) is 0 Å². The number of rotatable bonds is 4. The highest BCUT2D eigenvalue weighted by Gasteiger charge is 2.25. The van der Waals surface area contributed by atoms with E-state index in [0.717, 1.165) is 24.7 Å². The van der Waals surface area contributed by atoms with Crippen molar-refractivity contribution in [3.05, 3.63) is 40.2 Å². The topological polar surface area (TPSA) is 115 Å². The zero-order valence-corrected chi connectivity index (χ0v) is 12.2. The number of amides is 1. The number of nitrogens with zero attached hydrogens (tertiary/aromatic N) is 1. The third kappa shape index (κ3) is 2.89. The summed E-state index contributed by atoms with van der Waals surface area (Å²) in [5.41, 5.74) is 4.42. The van der Waals surface area contributed by atoms with E-state index in [0.29, 0.717) is 23.4 Å². The minimum absolute atomic E-state index is 0.358. The third-order valence-electron chi connectivity index (χ3n) is 3.40. The number of para-hydroxylation sites is 1. The molecule has 0 bridgehead atoms. The fourth-order valence-electron chi connectivity index (χ4n) is 2.11. The lowest BCUT2D eigenvalue weighted by atomic mass is 10.1. The molecule has 1 heterocycles. The average Bonchev–Trinajstić information content (AvgIpc) is 3.33. The smallest absolute Gasteiger partial charge is 0.300 e. The van der Waals surface area contributed by atoms with Gasteiger partial charge in [0, 0.05) is 12.5 Å². The molecule has 1 aliphatic carbocycles. The summed E-state index contributed by atoms with van der Waals surface area (Å²) in [6.45, 7) is 0.410. The standard InChI is InChI=1S/C14H14N2O4.CH4O/c15-13(18)11-12(17)9-3-1-2-4-10(9)16(14(11)19)20-7-8-5-6-8;1-2/h1-4,8,17H,5-7H2,(H2,15,18);2H,1H3. The number of benzene rings is 1. The van der Waals surface area contributed by atoms with Gasteiger partial charge in [-0.2, -0.15) is 0 Å². The van der Waals surface area contributed by atoms with Crippen LogP contribution >= 0.6 is 0 Å². The Morgan fingerprint density at radius 1 is 1.36 bits per heavy atom. The minimum Gasteiger partial charge on any atom is -0.506 e. The third-order valence-corrected chi connectivity index (χ3v) is 3.40. The molecule has 2 aromatic rings. The predicted molar refractivity (Wildman–Crippen MR) is 80.7 cm³/mol. The summed E-state index contributed by atoms with van der Waals surface area (Å²) >= 11 is 0. The number of carbonyl (C=O) groups is 1. The number of hydrogen-bond donors (Lipinski definition) is 3. The highest BCUT2D eigenvalue weighted by molar-refractivity contribution is 6.01. The molecule has 0 aliphatic heterocycles. The zero-order chi connectivity index (χ0) is 16.3. The predicted octanol–water partition coefficient (Wildman–Crippen LogP) is 0.253. The molecule has 0 unspecified atom stereocenters. The number of nitrogens with two attached hydrogens (primary N) is 1. The van der Waals surface area contributed by atoms with E-state index >= 15 is 0 Å². The van der Waals surface area contributed by atoms with Gasteiger partial charge in [0.15, 0.2) is 0 Å². The first-order valence-electron chi connectivity index (χ1n) is 6.84. The monoisotopic (exact) mass is 306 g/mol. The molecule has 118 valence electrons. The molecule has 1 saturated carbocycles. The van der Waals surface area contributed by atoms with Crippen LogP contribution in [-0.4, -0.2) is 34.6 Å². The van der Waals surface area contributed by atoms with Crippen LogP contribution in [0.5, 0.6) is 5.75 Å². The van der Waals surface area contributed by atoms with Crippen molar-refractivity contribution in [3.63, 3.8) is 0 Å². The quantitative estimate of drug-likeness (QED) is 0.749. The molecule has 7 heteroatoms. The number of pyridine rings is 1. The normalized spacial score (nSPS) is 13.4. The van der Waals surface area contributed by atoms with Crippen molar-refractivity contribution in [2.24, 2.45) is 11.7 Å². The fourth-order valence-corrected chi connectivity index (χ4v) is 2.11. The molecule has 1 amide bonds. The molecule has 7 nitrogen and oxygen atoms in total. The van der Waals surface area contributed by atoms with Gasteiger partial charge in [-0.3, -0.25) is 9.59 Å². The van der Waals surface area contributed by atoms with Gasteiger partial charge < -0.3 is 20.8 Å². The van der Waals surface area contributed by atoms with Crippen molar-refractivity contribution in [1.29, 1.82) is 0 Å². The van der Waals surface area contributed by atoms with E-state index in [1.807, 2.05) is 0 Å². The van der Waals surface area contributed by atoms with Crippen LogP contribution < -0.4 is 16.1 Å². The van der Waals surface area contributed by atoms with Gasteiger partial charge in [-0.1, -0.05) is 12.1 Å².